The van der Waals surface area contributed by atoms with Gasteiger partial charge in [0.05, 0.1) is 19.8 Å². The van der Waals surface area contributed by atoms with Gasteiger partial charge in [0, 0.05) is 19.2 Å². The number of nitrogens with one attached hydrogen (secondary N) is 1. The number of carbonyl (C=O) groups is 1. The summed E-state index contributed by atoms with van der Waals surface area (Å²) in [5, 5.41) is 3.01. The second kappa shape index (κ2) is 9.94. The van der Waals surface area contributed by atoms with E-state index in [2.05, 4.69) is 54.6 Å². The molecule has 1 N–H and O–H groups in total. The van der Waals surface area contributed by atoms with Gasteiger partial charge in [-0.1, -0.05) is 48.5 Å². The number of rotatable bonds is 8. The Balaban J connectivity index is 1.76. The van der Waals surface area contributed by atoms with Crippen molar-refractivity contribution in [3.63, 3.8) is 0 Å². The molecule has 3 aromatic rings. The smallest absolute Gasteiger partial charge is 0.255 e. The van der Waals surface area contributed by atoms with Crippen molar-refractivity contribution in [1.29, 1.82) is 0 Å². The molecule has 30 heavy (non-hydrogen) atoms. The summed E-state index contributed by atoms with van der Waals surface area (Å²) < 4.78 is 10.5. The Hall–Kier alpha value is -3.31. The van der Waals surface area contributed by atoms with Crippen LogP contribution in [0.4, 0.5) is 0 Å². The summed E-state index contributed by atoms with van der Waals surface area (Å²) in [6.45, 7) is 1.32. The number of methoxy groups -OCH3 is 2. The number of nitrogens with zero attached hydrogens (tertiary/aromatic N) is 1. The summed E-state index contributed by atoms with van der Waals surface area (Å²) in [6.07, 6.45) is 0. The normalized spacial score (nSPS) is 10.7. The largest absolute Gasteiger partial charge is 0.497 e. The Morgan fingerprint density at radius 1 is 0.933 bits per heavy atom. The van der Waals surface area contributed by atoms with Crippen LogP contribution in [0.1, 0.15) is 21.5 Å². The molecule has 0 fully saturated rings. The van der Waals surface area contributed by atoms with Crippen LogP contribution in [0.3, 0.4) is 0 Å². The van der Waals surface area contributed by atoms with E-state index in [1.165, 1.54) is 5.56 Å². The van der Waals surface area contributed by atoms with Gasteiger partial charge in [-0.2, -0.15) is 0 Å². The monoisotopic (exact) mass is 404 g/mol. The molecule has 0 aliphatic carbocycles. The number of hydrogen-bond donors (Lipinski definition) is 1. The van der Waals surface area contributed by atoms with Crippen molar-refractivity contribution in [3.05, 3.63) is 83.4 Å². The zero-order valence-electron chi connectivity index (χ0n) is 17.9. The highest BCUT2D eigenvalue weighted by Crippen LogP contribution is 2.26. The molecule has 5 nitrogen and oxygen atoms in total. The van der Waals surface area contributed by atoms with Gasteiger partial charge in [-0.05, 0) is 48.5 Å². The minimum Gasteiger partial charge on any atom is -0.497 e. The van der Waals surface area contributed by atoms with Gasteiger partial charge >= 0.3 is 0 Å². The van der Waals surface area contributed by atoms with E-state index in [4.69, 9.17) is 9.47 Å². The fourth-order valence-electron chi connectivity index (χ4n) is 3.37. The minimum absolute atomic E-state index is 0.189. The summed E-state index contributed by atoms with van der Waals surface area (Å²) in [6, 6.07) is 21.8. The molecule has 0 unspecified atom stereocenters. The van der Waals surface area contributed by atoms with Gasteiger partial charge in [0.15, 0.2) is 0 Å². The van der Waals surface area contributed by atoms with Crippen LogP contribution < -0.4 is 14.8 Å². The lowest BCUT2D eigenvalue weighted by Crippen LogP contribution is -2.23. The van der Waals surface area contributed by atoms with Crippen molar-refractivity contribution in [2.75, 3.05) is 28.3 Å². The Morgan fingerprint density at radius 3 is 2.33 bits per heavy atom. The quantitative estimate of drug-likeness (QED) is 0.606. The van der Waals surface area contributed by atoms with Gasteiger partial charge in [0.1, 0.15) is 11.5 Å². The van der Waals surface area contributed by atoms with Crippen molar-refractivity contribution in [1.82, 2.24) is 10.2 Å². The maximum absolute atomic E-state index is 12.8. The van der Waals surface area contributed by atoms with Crippen molar-refractivity contribution >= 4 is 5.91 Å². The molecule has 0 spiro atoms. The van der Waals surface area contributed by atoms with Crippen LogP contribution in [0.2, 0.25) is 0 Å². The zero-order valence-corrected chi connectivity index (χ0v) is 17.9. The van der Waals surface area contributed by atoms with Gasteiger partial charge in [-0.25, -0.2) is 0 Å². The zero-order chi connectivity index (χ0) is 21.5. The van der Waals surface area contributed by atoms with Crippen LogP contribution >= 0.6 is 0 Å². The van der Waals surface area contributed by atoms with Crippen LogP contribution in [-0.4, -0.2) is 39.1 Å². The third-order valence-electron chi connectivity index (χ3n) is 4.87. The van der Waals surface area contributed by atoms with E-state index in [9.17, 15) is 4.79 Å². The molecular weight excluding hydrogens is 376 g/mol. The lowest BCUT2D eigenvalue weighted by molar-refractivity contribution is 0.0948. The predicted molar refractivity (Wildman–Crippen MR) is 120 cm³/mol. The average Bonchev–Trinajstić information content (AvgIpc) is 2.77. The van der Waals surface area contributed by atoms with Gasteiger partial charge < -0.3 is 19.7 Å². The fraction of sp³-hybridized carbons (Fsp3) is 0.240. The Kier molecular flexibility index (Phi) is 7.09. The van der Waals surface area contributed by atoms with Crippen molar-refractivity contribution in [2.45, 2.75) is 13.1 Å². The molecule has 156 valence electrons. The lowest BCUT2D eigenvalue weighted by atomic mass is 9.98. The summed E-state index contributed by atoms with van der Waals surface area (Å²) in [4.78, 5) is 14.9. The molecule has 0 radical (unpaired) electrons. The molecule has 3 aromatic carbocycles. The van der Waals surface area contributed by atoms with E-state index in [0.717, 1.165) is 23.2 Å². The highest BCUT2D eigenvalue weighted by Gasteiger charge is 2.14. The second-order valence-corrected chi connectivity index (χ2v) is 7.34. The number of carbonyl (C=O) groups excluding carboxylic acids is 1. The summed E-state index contributed by atoms with van der Waals surface area (Å²) in [7, 11) is 7.24. The van der Waals surface area contributed by atoms with Gasteiger partial charge in [0.25, 0.3) is 5.91 Å². The van der Waals surface area contributed by atoms with Crippen LogP contribution in [0.15, 0.2) is 66.7 Å². The summed E-state index contributed by atoms with van der Waals surface area (Å²) in [5.74, 6) is 0.939. The number of ether oxygens (including phenoxy) is 2. The molecule has 0 aromatic heterocycles. The lowest BCUT2D eigenvalue weighted by Gasteiger charge is -2.14. The predicted octanol–water partition coefficient (Wildman–Crippen LogP) is 4.36. The molecule has 0 heterocycles. The molecule has 1 amide bonds. The number of hydrogen-bond acceptors (Lipinski definition) is 4. The van der Waals surface area contributed by atoms with Crippen LogP contribution in [0.5, 0.6) is 11.5 Å². The molecule has 0 saturated carbocycles. The topological polar surface area (TPSA) is 50.8 Å². The van der Waals surface area contributed by atoms with E-state index in [-0.39, 0.29) is 5.91 Å². The van der Waals surface area contributed by atoms with Gasteiger partial charge in [-0.15, -0.1) is 0 Å². The minimum atomic E-state index is -0.189. The van der Waals surface area contributed by atoms with Crippen LogP contribution in [-0.2, 0) is 13.1 Å². The van der Waals surface area contributed by atoms with Crippen molar-refractivity contribution in [2.24, 2.45) is 0 Å². The SMILES string of the molecule is COc1ccc(C(=O)NCc2ccccc2-c2ccc(CN(C)C)cc2)c(OC)c1. The molecule has 0 saturated heterocycles. The average molecular weight is 405 g/mol. The first-order valence-corrected chi connectivity index (χ1v) is 9.84. The third-order valence-corrected chi connectivity index (χ3v) is 4.87. The van der Waals surface area contributed by atoms with E-state index in [1.807, 2.05) is 18.2 Å². The molecule has 0 aliphatic heterocycles. The maximum atomic E-state index is 12.8. The van der Waals surface area contributed by atoms with Gasteiger partial charge in [-0.3, -0.25) is 4.79 Å². The molecule has 5 heteroatoms. The number of benzene rings is 3. The standard InChI is InChI=1S/C25H28N2O3/c1-27(2)17-18-9-11-19(12-10-18)22-8-6-5-7-20(22)16-26-25(28)23-14-13-21(29-3)15-24(23)30-4/h5-15H,16-17H2,1-4H3,(H,26,28). The third kappa shape index (κ3) is 5.19. The first-order chi connectivity index (χ1) is 14.5. The molecular formula is C25H28N2O3. The Bertz CT molecular complexity index is 998. The highest BCUT2D eigenvalue weighted by molar-refractivity contribution is 5.97. The Labute approximate surface area is 178 Å². The van der Waals surface area contributed by atoms with E-state index < -0.39 is 0 Å². The van der Waals surface area contributed by atoms with Crippen molar-refractivity contribution < 1.29 is 14.3 Å². The fourth-order valence-corrected chi connectivity index (χ4v) is 3.37. The van der Waals surface area contributed by atoms with E-state index >= 15 is 0 Å². The molecule has 3 rings (SSSR count). The first-order valence-electron chi connectivity index (χ1n) is 9.84. The molecule has 0 bridgehead atoms. The molecule has 0 aliphatic rings. The Morgan fingerprint density at radius 2 is 1.67 bits per heavy atom. The molecule has 0 atom stereocenters. The summed E-state index contributed by atoms with van der Waals surface area (Å²) >= 11 is 0. The van der Waals surface area contributed by atoms with E-state index in [0.29, 0.717) is 23.6 Å². The number of amides is 1. The van der Waals surface area contributed by atoms with Crippen molar-refractivity contribution in [3.8, 4) is 22.6 Å². The van der Waals surface area contributed by atoms with E-state index in [1.54, 1.807) is 32.4 Å². The summed E-state index contributed by atoms with van der Waals surface area (Å²) in [5.41, 5.74) is 5.03. The maximum Gasteiger partial charge on any atom is 0.255 e. The van der Waals surface area contributed by atoms with Crippen LogP contribution in [0, 0.1) is 0 Å². The second-order valence-electron chi connectivity index (χ2n) is 7.34. The first kappa shape index (κ1) is 21.4. The van der Waals surface area contributed by atoms with Gasteiger partial charge in [0.2, 0.25) is 0 Å². The highest BCUT2D eigenvalue weighted by atomic mass is 16.5. The van der Waals surface area contributed by atoms with Crippen LogP contribution in [0.25, 0.3) is 11.1 Å².